The van der Waals surface area contributed by atoms with E-state index in [9.17, 15) is 18.0 Å². The minimum atomic E-state index is -4.03. The van der Waals surface area contributed by atoms with Crippen LogP contribution in [0.1, 0.15) is 28.2 Å². The summed E-state index contributed by atoms with van der Waals surface area (Å²) in [6.07, 6.45) is 0. The molecule has 0 saturated heterocycles. The molecule has 2 aromatic rings. The Hall–Kier alpha value is -2.30. The van der Waals surface area contributed by atoms with Crippen molar-refractivity contribution in [1.82, 2.24) is 10.0 Å². The van der Waals surface area contributed by atoms with Crippen molar-refractivity contribution in [1.29, 1.82) is 0 Å². The first-order valence-electron chi connectivity index (χ1n) is 7.20. The van der Waals surface area contributed by atoms with E-state index in [2.05, 4.69) is 5.32 Å². The van der Waals surface area contributed by atoms with Crippen molar-refractivity contribution in [3.05, 3.63) is 45.8 Å². The molecule has 26 heavy (non-hydrogen) atoms. The van der Waals surface area contributed by atoms with E-state index in [1.54, 1.807) is 29.8 Å². The lowest BCUT2D eigenvalue weighted by Gasteiger charge is -2.14. The largest absolute Gasteiger partial charge is 0.496 e. The predicted molar refractivity (Wildman–Crippen MR) is 98.1 cm³/mol. The first-order valence-corrected chi connectivity index (χ1v) is 9.88. The molecule has 1 heterocycles. The second-order valence-electron chi connectivity index (χ2n) is 5.17. The van der Waals surface area contributed by atoms with Crippen LogP contribution in [0, 0.1) is 0 Å². The summed E-state index contributed by atoms with van der Waals surface area (Å²) in [6, 6.07) is 5.86. The van der Waals surface area contributed by atoms with E-state index in [-0.39, 0.29) is 9.77 Å². The summed E-state index contributed by atoms with van der Waals surface area (Å²) in [7, 11) is -2.59. The van der Waals surface area contributed by atoms with Crippen LogP contribution in [0.3, 0.4) is 0 Å². The van der Waals surface area contributed by atoms with E-state index < -0.39 is 28.0 Å². The molecule has 3 amide bonds. The van der Waals surface area contributed by atoms with Crippen LogP contribution >= 0.6 is 22.9 Å². The highest BCUT2D eigenvalue weighted by molar-refractivity contribution is 7.92. The maximum Gasteiger partial charge on any atom is 0.326 e. The number of primary amides is 1. The number of hydrogen-bond donors (Lipinski definition) is 3. The molecule has 140 valence electrons. The van der Waals surface area contributed by atoms with Gasteiger partial charge in [0.15, 0.2) is 0 Å². The van der Waals surface area contributed by atoms with E-state index >= 15 is 0 Å². The van der Waals surface area contributed by atoms with Gasteiger partial charge in [-0.25, -0.2) is 17.9 Å². The fourth-order valence-electron chi connectivity index (χ4n) is 2.10. The molecule has 4 N–H and O–H groups in total. The van der Waals surface area contributed by atoms with E-state index in [1.165, 1.54) is 19.2 Å². The molecule has 0 bridgehead atoms. The number of benzene rings is 1. The molecule has 1 unspecified atom stereocenters. The molecule has 0 aliphatic heterocycles. The zero-order chi connectivity index (χ0) is 19.5. The SMILES string of the molecule is COc1ccc(Cl)cc1C(=O)NC(C)c1ccc(S(=O)(=O)NC(N)=O)s1. The molecule has 0 aliphatic carbocycles. The van der Waals surface area contributed by atoms with Gasteiger partial charge in [-0.05, 0) is 37.3 Å². The van der Waals surface area contributed by atoms with Crippen molar-refractivity contribution in [2.24, 2.45) is 5.73 Å². The van der Waals surface area contributed by atoms with Gasteiger partial charge < -0.3 is 15.8 Å². The Kier molecular flexibility index (Phi) is 6.11. The Morgan fingerprint density at radius 3 is 2.58 bits per heavy atom. The van der Waals surface area contributed by atoms with E-state index in [0.717, 1.165) is 11.3 Å². The Bertz CT molecular complexity index is 943. The third-order valence-corrected chi connectivity index (χ3v) is 6.62. The molecular formula is C15H16ClN3O5S2. The third kappa shape index (κ3) is 4.65. The second-order valence-corrected chi connectivity index (χ2v) is 8.63. The Labute approximate surface area is 159 Å². The smallest absolute Gasteiger partial charge is 0.326 e. The van der Waals surface area contributed by atoms with Crippen LogP contribution in [0.5, 0.6) is 5.75 Å². The normalized spacial score (nSPS) is 12.3. The van der Waals surface area contributed by atoms with Gasteiger partial charge in [0.1, 0.15) is 9.96 Å². The number of carbonyl (C=O) groups is 2. The highest BCUT2D eigenvalue weighted by atomic mass is 35.5. The maximum atomic E-state index is 12.5. The summed E-state index contributed by atoms with van der Waals surface area (Å²) in [6.45, 7) is 1.69. The molecule has 2 rings (SSSR count). The second kappa shape index (κ2) is 7.94. The molecule has 0 aliphatic rings. The number of thiophene rings is 1. The summed E-state index contributed by atoms with van der Waals surface area (Å²) >= 11 is 6.83. The topological polar surface area (TPSA) is 128 Å². The van der Waals surface area contributed by atoms with Crippen molar-refractivity contribution in [2.75, 3.05) is 7.11 Å². The van der Waals surface area contributed by atoms with Crippen molar-refractivity contribution in [2.45, 2.75) is 17.2 Å². The molecule has 0 spiro atoms. The average molecular weight is 418 g/mol. The molecule has 1 atom stereocenters. The van der Waals surface area contributed by atoms with Crippen LogP contribution in [0.15, 0.2) is 34.5 Å². The number of amides is 3. The van der Waals surface area contributed by atoms with Crippen molar-refractivity contribution in [3.63, 3.8) is 0 Å². The molecule has 1 aromatic heterocycles. The van der Waals surface area contributed by atoms with Crippen LogP contribution in [0.25, 0.3) is 0 Å². The summed E-state index contributed by atoms with van der Waals surface area (Å²) < 4.78 is 30.6. The van der Waals surface area contributed by atoms with Crippen molar-refractivity contribution < 1.29 is 22.7 Å². The lowest BCUT2D eigenvalue weighted by Crippen LogP contribution is -2.34. The van der Waals surface area contributed by atoms with Crippen LogP contribution in [-0.2, 0) is 10.0 Å². The number of halogens is 1. The van der Waals surface area contributed by atoms with Crippen molar-refractivity contribution >= 4 is 44.9 Å². The number of nitrogens with two attached hydrogens (primary N) is 1. The molecular weight excluding hydrogens is 402 g/mol. The zero-order valence-corrected chi connectivity index (χ0v) is 16.2. The molecule has 8 nitrogen and oxygen atoms in total. The summed E-state index contributed by atoms with van der Waals surface area (Å²) in [5, 5.41) is 3.13. The van der Waals surface area contributed by atoms with Gasteiger partial charge in [0.2, 0.25) is 0 Å². The minimum Gasteiger partial charge on any atom is -0.496 e. The molecule has 0 radical (unpaired) electrons. The number of rotatable bonds is 6. The number of nitrogens with one attached hydrogen (secondary N) is 2. The number of ether oxygens (including phenoxy) is 1. The van der Waals surface area contributed by atoms with Gasteiger partial charge in [0, 0.05) is 9.90 Å². The fraction of sp³-hybridized carbons (Fsp3) is 0.200. The average Bonchev–Trinajstić information content (AvgIpc) is 3.04. The molecule has 1 aromatic carbocycles. The lowest BCUT2D eigenvalue weighted by atomic mass is 10.1. The van der Waals surface area contributed by atoms with Gasteiger partial charge in [0.25, 0.3) is 15.9 Å². The highest BCUT2D eigenvalue weighted by Gasteiger charge is 2.22. The Morgan fingerprint density at radius 2 is 1.96 bits per heavy atom. The summed E-state index contributed by atoms with van der Waals surface area (Å²) in [5.74, 6) is -0.0656. The Morgan fingerprint density at radius 1 is 1.27 bits per heavy atom. The van der Waals surface area contributed by atoms with Crippen LogP contribution in [-0.4, -0.2) is 27.5 Å². The highest BCUT2D eigenvalue weighted by Crippen LogP contribution is 2.28. The van der Waals surface area contributed by atoms with E-state index in [1.807, 2.05) is 0 Å². The summed E-state index contributed by atoms with van der Waals surface area (Å²) in [5.41, 5.74) is 5.10. The lowest BCUT2D eigenvalue weighted by molar-refractivity contribution is 0.0937. The number of hydrogen-bond acceptors (Lipinski definition) is 6. The summed E-state index contributed by atoms with van der Waals surface area (Å²) in [4.78, 5) is 23.8. The minimum absolute atomic E-state index is 0.0901. The number of urea groups is 1. The van der Waals surface area contributed by atoms with Gasteiger partial charge in [-0.2, -0.15) is 0 Å². The van der Waals surface area contributed by atoms with Crippen LogP contribution < -0.4 is 20.5 Å². The number of sulfonamides is 1. The molecule has 0 saturated carbocycles. The van der Waals surface area contributed by atoms with Crippen LogP contribution in [0.4, 0.5) is 4.79 Å². The predicted octanol–water partition coefficient (Wildman–Crippen LogP) is 2.26. The third-order valence-electron chi connectivity index (χ3n) is 3.28. The first kappa shape index (κ1) is 20.0. The van der Waals surface area contributed by atoms with Gasteiger partial charge in [-0.15, -0.1) is 11.3 Å². The van der Waals surface area contributed by atoms with Gasteiger partial charge >= 0.3 is 6.03 Å². The first-order chi connectivity index (χ1) is 12.1. The monoisotopic (exact) mass is 417 g/mol. The fourth-order valence-corrected chi connectivity index (χ4v) is 4.47. The van der Waals surface area contributed by atoms with Gasteiger partial charge in [-0.1, -0.05) is 11.6 Å². The number of carbonyl (C=O) groups excluding carboxylic acids is 2. The maximum absolute atomic E-state index is 12.5. The van der Waals surface area contributed by atoms with Crippen molar-refractivity contribution in [3.8, 4) is 5.75 Å². The molecule has 0 fully saturated rings. The number of methoxy groups -OCH3 is 1. The Balaban J connectivity index is 2.18. The molecule has 11 heteroatoms. The van der Waals surface area contributed by atoms with Crippen LogP contribution in [0.2, 0.25) is 5.02 Å². The standard InChI is InChI=1S/C15H16ClN3O5S2/c1-8(12-5-6-13(25-12)26(22,23)19-15(17)21)18-14(20)10-7-9(16)3-4-11(10)24-2/h3-8H,1-2H3,(H,18,20)(H3,17,19,21). The quantitative estimate of drug-likeness (QED) is 0.664. The van der Waals surface area contributed by atoms with E-state index in [0.29, 0.717) is 15.6 Å². The van der Waals surface area contributed by atoms with Gasteiger partial charge in [-0.3, -0.25) is 4.79 Å². The van der Waals surface area contributed by atoms with Gasteiger partial charge in [0.05, 0.1) is 18.7 Å². The van der Waals surface area contributed by atoms with E-state index in [4.69, 9.17) is 22.1 Å². The zero-order valence-electron chi connectivity index (χ0n) is 13.8.